The van der Waals surface area contributed by atoms with E-state index >= 15 is 0 Å². The SMILES string of the molecule is CC.CC(C)CC(=O)c1ccc(CO)nc1. The lowest BCUT2D eigenvalue weighted by atomic mass is 10.0. The molecule has 0 aliphatic carbocycles. The van der Waals surface area contributed by atoms with Gasteiger partial charge in [0.1, 0.15) is 0 Å². The highest BCUT2D eigenvalue weighted by Crippen LogP contribution is 2.08. The maximum atomic E-state index is 11.6. The van der Waals surface area contributed by atoms with Crippen LogP contribution < -0.4 is 0 Å². The van der Waals surface area contributed by atoms with Crippen LogP contribution in [0.5, 0.6) is 0 Å². The van der Waals surface area contributed by atoms with Crippen molar-refractivity contribution in [2.24, 2.45) is 5.92 Å². The van der Waals surface area contributed by atoms with Gasteiger partial charge in [-0.15, -0.1) is 0 Å². The van der Waals surface area contributed by atoms with E-state index in [1.807, 2.05) is 27.7 Å². The van der Waals surface area contributed by atoms with Crippen molar-refractivity contribution in [3.8, 4) is 0 Å². The first kappa shape index (κ1) is 14.8. The second-order valence-electron chi connectivity index (χ2n) is 3.72. The summed E-state index contributed by atoms with van der Waals surface area (Å²) >= 11 is 0. The number of carbonyl (C=O) groups excluding carboxylic acids is 1. The van der Waals surface area contributed by atoms with Crippen molar-refractivity contribution in [3.63, 3.8) is 0 Å². The molecule has 0 amide bonds. The van der Waals surface area contributed by atoms with Crippen LogP contribution in [-0.4, -0.2) is 15.9 Å². The summed E-state index contributed by atoms with van der Waals surface area (Å²) < 4.78 is 0. The van der Waals surface area contributed by atoms with E-state index in [1.54, 1.807) is 12.1 Å². The maximum Gasteiger partial charge on any atom is 0.164 e. The van der Waals surface area contributed by atoms with Crippen molar-refractivity contribution < 1.29 is 9.90 Å². The minimum atomic E-state index is -0.0847. The Hall–Kier alpha value is -1.22. The number of aromatic nitrogens is 1. The van der Waals surface area contributed by atoms with Gasteiger partial charge in [0.05, 0.1) is 12.3 Å². The van der Waals surface area contributed by atoms with Gasteiger partial charge < -0.3 is 5.11 Å². The molecular weight excluding hydrogens is 202 g/mol. The average Bonchev–Trinajstić information content (AvgIpc) is 2.31. The number of pyridine rings is 1. The minimum absolute atomic E-state index is 0.0847. The fourth-order valence-electron chi connectivity index (χ4n) is 1.17. The quantitative estimate of drug-likeness (QED) is 0.798. The van der Waals surface area contributed by atoms with Crippen molar-refractivity contribution >= 4 is 5.78 Å². The number of rotatable bonds is 4. The number of aliphatic hydroxyl groups excluding tert-OH is 1. The van der Waals surface area contributed by atoms with E-state index in [0.717, 1.165) is 0 Å². The molecule has 1 rings (SSSR count). The third kappa shape index (κ3) is 5.03. The van der Waals surface area contributed by atoms with Gasteiger partial charge in [-0.1, -0.05) is 27.7 Å². The van der Waals surface area contributed by atoms with Crippen LogP contribution in [0.25, 0.3) is 0 Å². The first-order valence-corrected chi connectivity index (χ1v) is 5.72. The van der Waals surface area contributed by atoms with Crippen molar-refractivity contribution in [2.75, 3.05) is 0 Å². The molecule has 0 aliphatic heterocycles. The van der Waals surface area contributed by atoms with Gasteiger partial charge in [-0.25, -0.2) is 0 Å². The number of carbonyl (C=O) groups is 1. The van der Waals surface area contributed by atoms with Crippen molar-refractivity contribution in [2.45, 2.75) is 40.7 Å². The third-order valence-electron chi connectivity index (χ3n) is 1.90. The highest BCUT2D eigenvalue weighted by molar-refractivity contribution is 5.95. The third-order valence-corrected chi connectivity index (χ3v) is 1.90. The number of hydrogen-bond donors (Lipinski definition) is 1. The molecule has 0 aromatic carbocycles. The number of ketones is 1. The van der Waals surface area contributed by atoms with Crippen molar-refractivity contribution in [1.29, 1.82) is 0 Å². The lowest BCUT2D eigenvalue weighted by molar-refractivity contribution is 0.0967. The highest BCUT2D eigenvalue weighted by Gasteiger charge is 2.08. The number of aliphatic hydroxyl groups is 1. The van der Waals surface area contributed by atoms with Crippen molar-refractivity contribution in [1.82, 2.24) is 4.98 Å². The molecule has 0 unspecified atom stereocenters. The van der Waals surface area contributed by atoms with E-state index < -0.39 is 0 Å². The Bertz CT molecular complexity index is 304. The Morgan fingerprint density at radius 3 is 2.38 bits per heavy atom. The van der Waals surface area contributed by atoms with Crippen LogP contribution >= 0.6 is 0 Å². The van der Waals surface area contributed by atoms with Crippen LogP contribution in [-0.2, 0) is 6.61 Å². The Morgan fingerprint density at radius 1 is 1.38 bits per heavy atom. The predicted molar refractivity (Wildman–Crippen MR) is 65.3 cm³/mol. The van der Waals surface area contributed by atoms with E-state index in [9.17, 15) is 4.79 Å². The molecule has 0 bridgehead atoms. The summed E-state index contributed by atoms with van der Waals surface area (Å²) in [4.78, 5) is 15.5. The second-order valence-corrected chi connectivity index (χ2v) is 3.72. The molecule has 3 nitrogen and oxygen atoms in total. The standard InChI is InChI=1S/C11H15NO2.C2H6/c1-8(2)5-11(14)9-3-4-10(7-13)12-6-9;1-2/h3-4,6,8,13H,5,7H2,1-2H3;1-2H3. The first-order valence-electron chi connectivity index (χ1n) is 5.72. The second kappa shape index (κ2) is 7.99. The zero-order valence-electron chi connectivity index (χ0n) is 10.5. The Kier molecular flexibility index (Phi) is 7.38. The van der Waals surface area contributed by atoms with Crippen molar-refractivity contribution in [3.05, 3.63) is 29.6 Å². The normalized spacial score (nSPS) is 9.62. The van der Waals surface area contributed by atoms with Gasteiger partial charge in [-0.3, -0.25) is 9.78 Å². The smallest absolute Gasteiger partial charge is 0.164 e. The van der Waals surface area contributed by atoms with E-state index in [-0.39, 0.29) is 12.4 Å². The molecule has 0 spiro atoms. The molecule has 0 atom stereocenters. The lowest BCUT2D eigenvalue weighted by Crippen LogP contribution is -2.04. The molecule has 3 heteroatoms. The van der Waals surface area contributed by atoms with Crippen LogP contribution in [0.2, 0.25) is 0 Å². The lowest BCUT2D eigenvalue weighted by Gasteiger charge is -2.03. The molecule has 90 valence electrons. The largest absolute Gasteiger partial charge is 0.390 e. The highest BCUT2D eigenvalue weighted by atomic mass is 16.3. The molecule has 0 aliphatic rings. The monoisotopic (exact) mass is 223 g/mol. The number of hydrogen-bond acceptors (Lipinski definition) is 3. The van der Waals surface area contributed by atoms with Gasteiger partial charge in [0.2, 0.25) is 0 Å². The van der Waals surface area contributed by atoms with Crippen LogP contribution in [0, 0.1) is 5.92 Å². The van der Waals surface area contributed by atoms with Gasteiger partial charge in [-0.2, -0.15) is 0 Å². The molecule has 0 saturated heterocycles. The molecule has 1 heterocycles. The van der Waals surface area contributed by atoms with Crippen LogP contribution in [0.1, 0.15) is 50.2 Å². The fraction of sp³-hybridized carbons (Fsp3) is 0.538. The first-order chi connectivity index (χ1) is 7.63. The maximum absolute atomic E-state index is 11.6. The Balaban J connectivity index is 0.00000106. The summed E-state index contributed by atoms with van der Waals surface area (Å²) in [6.45, 7) is 7.93. The topological polar surface area (TPSA) is 50.2 Å². The van der Waals surface area contributed by atoms with Gasteiger partial charge in [0.15, 0.2) is 5.78 Å². The summed E-state index contributed by atoms with van der Waals surface area (Å²) in [6, 6.07) is 3.39. The van der Waals surface area contributed by atoms with E-state index in [2.05, 4.69) is 4.98 Å². The average molecular weight is 223 g/mol. The summed E-state index contributed by atoms with van der Waals surface area (Å²) in [7, 11) is 0. The molecule has 0 radical (unpaired) electrons. The fourth-order valence-corrected chi connectivity index (χ4v) is 1.17. The van der Waals surface area contributed by atoms with E-state index in [1.165, 1.54) is 6.20 Å². The molecule has 0 saturated carbocycles. The van der Waals surface area contributed by atoms with Gasteiger partial charge in [-0.05, 0) is 18.1 Å². The summed E-state index contributed by atoms with van der Waals surface area (Å²) in [5, 5.41) is 8.77. The summed E-state index contributed by atoms with van der Waals surface area (Å²) in [5.41, 5.74) is 1.21. The molecular formula is C13H21NO2. The van der Waals surface area contributed by atoms with Gasteiger partial charge >= 0.3 is 0 Å². The molecule has 1 N–H and O–H groups in total. The molecule has 16 heavy (non-hydrogen) atoms. The zero-order valence-corrected chi connectivity index (χ0v) is 10.5. The number of Topliss-reactive ketones (excluding diaryl/α,β-unsaturated/α-hetero) is 1. The Labute approximate surface area is 97.5 Å². The molecule has 1 aromatic rings. The van der Waals surface area contributed by atoms with Gasteiger partial charge in [0, 0.05) is 18.2 Å². The van der Waals surface area contributed by atoms with Crippen LogP contribution in [0.4, 0.5) is 0 Å². The van der Waals surface area contributed by atoms with E-state index in [4.69, 9.17) is 5.11 Å². The van der Waals surface area contributed by atoms with E-state index in [0.29, 0.717) is 23.6 Å². The molecule has 1 aromatic heterocycles. The summed E-state index contributed by atoms with van der Waals surface area (Å²) in [5.74, 6) is 0.469. The van der Waals surface area contributed by atoms with Crippen LogP contribution in [0.15, 0.2) is 18.3 Å². The predicted octanol–water partition coefficient (Wildman–Crippen LogP) is 2.83. The Morgan fingerprint density at radius 2 is 2.00 bits per heavy atom. The summed E-state index contributed by atoms with van der Waals surface area (Å²) in [6.07, 6.45) is 2.07. The minimum Gasteiger partial charge on any atom is -0.390 e. The van der Waals surface area contributed by atoms with Crippen LogP contribution in [0.3, 0.4) is 0 Å². The van der Waals surface area contributed by atoms with Gasteiger partial charge in [0.25, 0.3) is 0 Å². The zero-order chi connectivity index (χ0) is 12.6. The number of nitrogens with zero attached hydrogens (tertiary/aromatic N) is 1. The molecule has 0 fully saturated rings.